The lowest BCUT2D eigenvalue weighted by Gasteiger charge is -2.24. The predicted molar refractivity (Wildman–Crippen MR) is 53.9 cm³/mol. The molecule has 1 saturated carbocycles. The summed E-state index contributed by atoms with van der Waals surface area (Å²) in [6, 6.07) is 0. The van der Waals surface area contributed by atoms with Crippen LogP contribution in [0.2, 0.25) is 0 Å². The predicted octanol–water partition coefficient (Wildman–Crippen LogP) is 2.81. The van der Waals surface area contributed by atoms with E-state index < -0.39 is 0 Å². The number of hydrogen-bond donors (Lipinski definition) is 0. The zero-order valence-corrected chi connectivity index (χ0v) is 8.27. The summed E-state index contributed by atoms with van der Waals surface area (Å²) in [6.45, 7) is 11.4. The lowest BCUT2D eigenvalue weighted by atomic mass is 10.0. The maximum Gasteiger partial charge on any atom is 0.0143 e. The van der Waals surface area contributed by atoms with E-state index in [1.807, 2.05) is 0 Å². The Hall–Kier alpha value is -0.720. The molecule has 1 fully saturated rings. The van der Waals surface area contributed by atoms with E-state index in [1.165, 1.54) is 24.1 Å². The molecule has 1 heteroatoms. The Morgan fingerprint density at radius 1 is 1.67 bits per heavy atom. The molecular weight excluding hydrogens is 146 g/mol. The average molecular weight is 165 g/mol. The highest BCUT2D eigenvalue weighted by molar-refractivity contribution is 5.12. The quantitative estimate of drug-likeness (QED) is 0.581. The Balaban J connectivity index is 2.48. The Bertz CT molecular complexity index is 193. The monoisotopic (exact) mass is 165 g/mol. The van der Waals surface area contributed by atoms with Gasteiger partial charge in [-0.05, 0) is 26.2 Å². The SMILES string of the molecule is C=C1CCC(C(=C)N(C)CC)C1. The minimum Gasteiger partial charge on any atom is -0.378 e. The maximum atomic E-state index is 4.13. The van der Waals surface area contributed by atoms with Crippen LogP contribution in [0, 0.1) is 5.92 Å². The van der Waals surface area contributed by atoms with E-state index in [-0.39, 0.29) is 0 Å². The summed E-state index contributed by atoms with van der Waals surface area (Å²) in [6.07, 6.45) is 3.60. The van der Waals surface area contributed by atoms with Crippen molar-refractivity contribution in [1.29, 1.82) is 0 Å². The molecule has 0 aromatic rings. The molecule has 0 radical (unpaired) electrons. The van der Waals surface area contributed by atoms with Crippen LogP contribution in [0.5, 0.6) is 0 Å². The molecule has 1 aliphatic carbocycles. The van der Waals surface area contributed by atoms with Crippen LogP contribution < -0.4 is 0 Å². The first-order valence-corrected chi connectivity index (χ1v) is 4.71. The van der Waals surface area contributed by atoms with Crippen LogP contribution in [-0.2, 0) is 0 Å². The van der Waals surface area contributed by atoms with Gasteiger partial charge in [-0.3, -0.25) is 0 Å². The molecule has 1 unspecified atom stereocenters. The van der Waals surface area contributed by atoms with Crippen LogP contribution in [0.4, 0.5) is 0 Å². The smallest absolute Gasteiger partial charge is 0.0143 e. The number of hydrogen-bond acceptors (Lipinski definition) is 1. The fraction of sp³-hybridized carbons (Fsp3) is 0.636. The first kappa shape index (κ1) is 9.37. The van der Waals surface area contributed by atoms with E-state index in [4.69, 9.17) is 0 Å². The van der Waals surface area contributed by atoms with Crippen LogP contribution in [0.15, 0.2) is 24.4 Å². The molecule has 0 N–H and O–H groups in total. The van der Waals surface area contributed by atoms with Crippen molar-refractivity contribution in [2.24, 2.45) is 5.92 Å². The van der Waals surface area contributed by atoms with Crippen LogP contribution in [-0.4, -0.2) is 18.5 Å². The van der Waals surface area contributed by atoms with Crippen LogP contribution in [0.3, 0.4) is 0 Å². The van der Waals surface area contributed by atoms with Crippen LogP contribution >= 0.6 is 0 Å². The van der Waals surface area contributed by atoms with E-state index in [2.05, 4.69) is 32.0 Å². The molecule has 0 aromatic heterocycles. The molecule has 0 spiro atoms. The molecule has 1 nitrogen and oxygen atoms in total. The largest absolute Gasteiger partial charge is 0.378 e. The van der Waals surface area contributed by atoms with Gasteiger partial charge in [-0.2, -0.15) is 0 Å². The topological polar surface area (TPSA) is 3.24 Å². The summed E-state index contributed by atoms with van der Waals surface area (Å²) < 4.78 is 0. The molecule has 0 heterocycles. The highest BCUT2D eigenvalue weighted by atomic mass is 15.1. The van der Waals surface area contributed by atoms with Gasteiger partial charge in [-0.1, -0.05) is 18.7 Å². The second-order valence-corrected chi connectivity index (χ2v) is 3.70. The van der Waals surface area contributed by atoms with E-state index in [0.717, 1.165) is 13.0 Å². The first-order chi connectivity index (χ1) is 5.65. The average Bonchev–Trinajstić information content (AvgIpc) is 2.49. The van der Waals surface area contributed by atoms with Crippen molar-refractivity contribution in [3.8, 4) is 0 Å². The van der Waals surface area contributed by atoms with Crippen molar-refractivity contribution in [3.63, 3.8) is 0 Å². The fourth-order valence-corrected chi connectivity index (χ4v) is 1.73. The molecule has 68 valence electrons. The molecule has 1 rings (SSSR count). The van der Waals surface area contributed by atoms with Gasteiger partial charge in [0.25, 0.3) is 0 Å². The lowest BCUT2D eigenvalue weighted by Crippen LogP contribution is -2.20. The molecule has 1 aliphatic rings. The third-order valence-electron chi connectivity index (χ3n) is 2.82. The van der Waals surface area contributed by atoms with E-state index >= 15 is 0 Å². The highest BCUT2D eigenvalue weighted by Crippen LogP contribution is 2.34. The third-order valence-corrected chi connectivity index (χ3v) is 2.82. The lowest BCUT2D eigenvalue weighted by molar-refractivity contribution is 0.378. The zero-order valence-electron chi connectivity index (χ0n) is 8.27. The van der Waals surface area contributed by atoms with E-state index in [9.17, 15) is 0 Å². The molecule has 0 saturated heterocycles. The number of allylic oxidation sites excluding steroid dienone is 2. The van der Waals surface area contributed by atoms with Gasteiger partial charge in [0.1, 0.15) is 0 Å². The van der Waals surface area contributed by atoms with E-state index in [0.29, 0.717) is 5.92 Å². The van der Waals surface area contributed by atoms with E-state index in [1.54, 1.807) is 0 Å². The molecule has 1 atom stereocenters. The number of rotatable bonds is 3. The fourth-order valence-electron chi connectivity index (χ4n) is 1.73. The molecule has 12 heavy (non-hydrogen) atoms. The Morgan fingerprint density at radius 2 is 2.33 bits per heavy atom. The maximum absolute atomic E-state index is 4.13. The zero-order chi connectivity index (χ0) is 9.14. The summed E-state index contributed by atoms with van der Waals surface area (Å²) >= 11 is 0. The van der Waals surface area contributed by atoms with Crippen molar-refractivity contribution in [2.75, 3.05) is 13.6 Å². The molecule has 0 aliphatic heterocycles. The van der Waals surface area contributed by atoms with Gasteiger partial charge in [-0.25, -0.2) is 0 Å². The molecule has 0 amide bonds. The normalized spacial score (nSPS) is 22.8. The van der Waals surface area contributed by atoms with Crippen molar-refractivity contribution in [3.05, 3.63) is 24.4 Å². The van der Waals surface area contributed by atoms with Crippen molar-refractivity contribution in [1.82, 2.24) is 4.90 Å². The summed E-state index contributed by atoms with van der Waals surface area (Å²) in [7, 11) is 2.11. The van der Waals surface area contributed by atoms with Crippen LogP contribution in [0.25, 0.3) is 0 Å². The summed E-state index contributed by atoms with van der Waals surface area (Å²) in [5.74, 6) is 0.669. The summed E-state index contributed by atoms with van der Waals surface area (Å²) in [5, 5.41) is 0. The van der Waals surface area contributed by atoms with Gasteiger partial charge in [0.05, 0.1) is 0 Å². The van der Waals surface area contributed by atoms with Crippen molar-refractivity contribution >= 4 is 0 Å². The highest BCUT2D eigenvalue weighted by Gasteiger charge is 2.21. The Morgan fingerprint density at radius 3 is 2.75 bits per heavy atom. The Kier molecular flexibility index (Phi) is 2.96. The molecule has 0 bridgehead atoms. The summed E-state index contributed by atoms with van der Waals surface area (Å²) in [4.78, 5) is 2.24. The van der Waals surface area contributed by atoms with Crippen LogP contribution in [0.1, 0.15) is 26.2 Å². The van der Waals surface area contributed by atoms with Gasteiger partial charge in [0, 0.05) is 25.2 Å². The third kappa shape index (κ3) is 1.90. The van der Waals surface area contributed by atoms with Gasteiger partial charge < -0.3 is 4.90 Å². The van der Waals surface area contributed by atoms with Gasteiger partial charge in [0.2, 0.25) is 0 Å². The van der Waals surface area contributed by atoms with Crippen molar-refractivity contribution in [2.45, 2.75) is 26.2 Å². The summed E-state index contributed by atoms with van der Waals surface area (Å²) in [5.41, 5.74) is 2.68. The molecule has 0 aromatic carbocycles. The van der Waals surface area contributed by atoms with Gasteiger partial charge in [-0.15, -0.1) is 0 Å². The molecular formula is C11H19N. The number of nitrogens with zero attached hydrogens (tertiary/aromatic N) is 1. The van der Waals surface area contributed by atoms with Gasteiger partial charge >= 0.3 is 0 Å². The standard InChI is InChI=1S/C11H19N/c1-5-12(4)10(3)11-7-6-9(2)8-11/h11H,2-3,5-8H2,1,4H3. The first-order valence-electron chi connectivity index (χ1n) is 4.71. The second kappa shape index (κ2) is 3.79. The van der Waals surface area contributed by atoms with Crippen molar-refractivity contribution < 1.29 is 0 Å². The van der Waals surface area contributed by atoms with Gasteiger partial charge in [0.15, 0.2) is 0 Å². The second-order valence-electron chi connectivity index (χ2n) is 3.70. The minimum absolute atomic E-state index is 0.669. The Labute approximate surface area is 75.8 Å². The minimum atomic E-state index is 0.669.